The number of aromatic nitrogens is 1. The van der Waals surface area contributed by atoms with E-state index in [2.05, 4.69) is 15.6 Å². The Morgan fingerprint density at radius 2 is 2.33 bits per heavy atom. The van der Waals surface area contributed by atoms with Crippen molar-refractivity contribution in [2.45, 2.75) is 25.9 Å². The SMILES string of the molecule is Cc1cnc(CCNC(=O)NCC(C)(O)c2ccco2)s1. The van der Waals surface area contributed by atoms with Gasteiger partial charge in [0.15, 0.2) is 0 Å². The van der Waals surface area contributed by atoms with Crippen LogP contribution in [0.4, 0.5) is 4.79 Å². The van der Waals surface area contributed by atoms with Gasteiger partial charge in [0.2, 0.25) is 0 Å². The fraction of sp³-hybridized carbons (Fsp3) is 0.429. The van der Waals surface area contributed by atoms with Crippen molar-refractivity contribution in [1.82, 2.24) is 15.6 Å². The van der Waals surface area contributed by atoms with Gasteiger partial charge in [0, 0.05) is 24.0 Å². The van der Waals surface area contributed by atoms with Crippen LogP contribution >= 0.6 is 11.3 Å². The van der Waals surface area contributed by atoms with Crippen LogP contribution in [0.5, 0.6) is 0 Å². The van der Waals surface area contributed by atoms with Crippen molar-refractivity contribution in [3.63, 3.8) is 0 Å². The summed E-state index contributed by atoms with van der Waals surface area (Å²) < 4.78 is 5.14. The third kappa shape index (κ3) is 4.57. The minimum absolute atomic E-state index is 0.0721. The normalized spacial score (nSPS) is 13.7. The zero-order valence-electron chi connectivity index (χ0n) is 12.0. The molecule has 1 atom stereocenters. The van der Waals surface area contributed by atoms with Crippen molar-refractivity contribution < 1.29 is 14.3 Å². The van der Waals surface area contributed by atoms with E-state index < -0.39 is 5.60 Å². The Labute approximate surface area is 127 Å². The number of aliphatic hydroxyl groups is 1. The number of furan rings is 1. The number of aryl methyl sites for hydroxylation is 1. The summed E-state index contributed by atoms with van der Waals surface area (Å²) in [6.07, 6.45) is 4.00. The second-order valence-electron chi connectivity index (χ2n) is 4.98. The van der Waals surface area contributed by atoms with Crippen molar-refractivity contribution >= 4 is 17.4 Å². The highest BCUT2D eigenvalue weighted by Gasteiger charge is 2.26. The number of carbonyl (C=O) groups excluding carboxylic acids is 1. The van der Waals surface area contributed by atoms with Crippen LogP contribution in [0.25, 0.3) is 0 Å². The topological polar surface area (TPSA) is 87.4 Å². The Balaban J connectivity index is 1.70. The van der Waals surface area contributed by atoms with E-state index in [0.29, 0.717) is 18.7 Å². The van der Waals surface area contributed by atoms with Gasteiger partial charge in [-0.2, -0.15) is 0 Å². The molecule has 2 heterocycles. The number of hydrogen-bond acceptors (Lipinski definition) is 5. The van der Waals surface area contributed by atoms with Gasteiger partial charge in [0.05, 0.1) is 17.8 Å². The van der Waals surface area contributed by atoms with E-state index >= 15 is 0 Å². The second-order valence-corrected chi connectivity index (χ2v) is 6.29. The zero-order chi connectivity index (χ0) is 15.3. The van der Waals surface area contributed by atoms with Gasteiger partial charge in [-0.15, -0.1) is 11.3 Å². The number of urea groups is 1. The lowest BCUT2D eigenvalue weighted by atomic mass is 10.0. The average molecular weight is 309 g/mol. The monoisotopic (exact) mass is 309 g/mol. The summed E-state index contributed by atoms with van der Waals surface area (Å²) in [4.78, 5) is 17.1. The van der Waals surface area contributed by atoms with Crippen molar-refractivity contribution in [2.24, 2.45) is 0 Å². The summed E-state index contributed by atoms with van der Waals surface area (Å²) in [6.45, 7) is 4.16. The van der Waals surface area contributed by atoms with Crippen molar-refractivity contribution in [2.75, 3.05) is 13.1 Å². The fourth-order valence-electron chi connectivity index (χ4n) is 1.79. The molecule has 0 aliphatic carbocycles. The number of amides is 2. The zero-order valence-corrected chi connectivity index (χ0v) is 12.9. The molecule has 0 saturated heterocycles. The molecular formula is C14H19N3O3S. The summed E-state index contributed by atoms with van der Waals surface area (Å²) in [5, 5.41) is 16.5. The van der Waals surface area contributed by atoms with E-state index in [1.807, 2.05) is 13.1 Å². The standard InChI is InChI=1S/C14H19N3O3S/c1-10-8-16-12(21-10)5-6-15-13(18)17-9-14(2,19)11-4-3-7-20-11/h3-4,7-8,19H,5-6,9H2,1-2H3,(H2,15,17,18). The van der Waals surface area contributed by atoms with Crippen molar-refractivity contribution in [1.29, 1.82) is 0 Å². The summed E-state index contributed by atoms with van der Waals surface area (Å²) >= 11 is 1.62. The van der Waals surface area contributed by atoms with E-state index in [1.54, 1.807) is 30.4 Å². The van der Waals surface area contributed by atoms with Crippen molar-refractivity contribution in [3.05, 3.63) is 40.2 Å². The van der Waals surface area contributed by atoms with Crippen LogP contribution in [0.2, 0.25) is 0 Å². The predicted molar refractivity (Wildman–Crippen MR) is 80.2 cm³/mol. The molecule has 1 unspecified atom stereocenters. The second kappa shape index (κ2) is 6.73. The average Bonchev–Trinajstić information content (AvgIpc) is 3.08. The number of nitrogens with one attached hydrogen (secondary N) is 2. The van der Waals surface area contributed by atoms with Crippen LogP contribution in [0.1, 0.15) is 22.6 Å². The molecule has 2 aromatic heterocycles. The molecule has 0 aliphatic rings. The molecule has 2 amide bonds. The quantitative estimate of drug-likeness (QED) is 0.759. The van der Waals surface area contributed by atoms with Crippen molar-refractivity contribution in [3.8, 4) is 0 Å². The number of rotatable bonds is 6. The molecule has 2 rings (SSSR count). The Kier molecular flexibility index (Phi) is 4.98. The Bertz CT molecular complexity index is 578. The maximum atomic E-state index is 11.7. The highest BCUT2D eigenvalue weighted by Crippen LogP contribution is 2.19. The molecule has 7 heteroatoms. The molecule has 0 aromatic carbocycles. The Morgan fingerprint density at radius 1 is 1.52 bits per heavy atom. The number of hydrogen-bond donors (Lipinski definition) is 3. The first-order valence-electron chi connectivity index (χ1n) is 6.67. The molecule has 0 radical (unpaired) electrons. The van der Waals surface area contributed by atoms with Gasteiger partial charge in [-0.05, 0) is 26.0 Å². The first kappa shape index (κ1) is 15.5. The molecule has 0 saturated carbocycles. The summed E-state index contributed by atoms with van der Waals surface area (Å²) in [7, 11) is 0. The highest BCUT2D eigenvalue weighted by molar-refractivity contribution is 7.11. The van der Waals surface area contributed by atoms with Gasteiger partial charge in [-0.1, -0.05) is 0 Å². The van der Waals surface area contributed by atoms with Gasteiger partial charge < -0.3 is 20.2 Å². The van der Waals surface area contributed by atoms with E-state index in [4.69, 9.17) is 4.42 Å². The Morgan fingerprint density at radius 3 is 2.95 bits per heavy atom. The predicted octanol–water partition coefficient (Wildman–Crippen LogP) is 1.79. The number of carbonyl (C=O) groups is 1. The van der Waals surface area contributed by atoms with Crippen LogP contribution in [-0.4, -0.2) is 29.2 Å². The Hall–Kier alpha value is -1.86. The molecular weight excluding hydrogens is 290 g/mol. The van der Waals surface area contributed by atoms with Crippen LogP contribution < -0.4 is 10.6 Å². The lowest BCUT2D eigenvalue weighted by Gasteiger charge is -2.21. The number of thiazole rings is 1. The maximum absolute atomic E-state index is 11.7. The van der Waals surface area contributed by atoms with Crippen LogP contribution in [0.3, 0.4) is 0 Å². The van der Waals surface area contributed by atoms with E-state index in [-0.39, 0.29) is 12.6 Å². The molecule has 2 aromatic rings. The summed E-state index contributed by atoms with van der Waals surface area (Å²) in [6, 6.07) is 3.04. The minimum atomic E-state index is -1.23. The molecule has 0 spiro atoms. The van der Waals surface area contributed by atoms with Gasteiger partial charge in [0.25, 0.3) is 0 Å². The molecule has 21 heavy (non-hydrogen) atoms. The third-order valence-electron chi connectivity index (χ3n) is 2.94. The first-order valence-corrected chi connectivity index (χ1v) is 7.48. The molecule has 0 bridgehead atoms. The maximum Gasteiger partial charge on any atom is 0.314 e. The lowest BCUT2D eigenvalue weighted by Crippen LogP contribution is -2.43. The number of nitrogens with zero attached hydrogens (tertiary/aromatic N) is 1. The molecule has 3 N–H and O–H groups in total. The van der Waals surface area contributed by atoms with E-state index in [1.165, 1.54) is 6.26 Å². The minimum Gasteiger partial charge on any atom is -0.466 e. The molecule has 0 fully saturated rings. The van der Waals surface area contributed by atoms with E-state index in [9.17, 15) is 9.90 Å². The largest absolute Gasteiger partial charge is 0.466 e. The van der Waals surface area contributed by atoms with Gasteiger partial charge in [-0.25, -0.2) is 9.78 Å². The summed E-state index contributed by atoms with van der Waals surface area (Å²) in [5.74, 6) is 0.418. The van der Waals surface area contributed by atoms with Crippen LogP contribution in [0, 0.1) is 6.92 Å². The van der Waals surface area contributed by atoms with Crippen LogP contribution in [-0.2, 0) is 12.0 Å². The lowest BCUT2D eigenvalue weighted by molar-refractivity contribution is 0.0367. The smallest absolute Gasteiger partial charge is 0.314 e. The molecule has 114 valence electrons. The first-order chi connectivity index (χ1) is 9.97. The van der Waals surface area contributed by atoms with E-state index in [0.717, 1.165) is 9.88 Å². The molecule has 0 aliphatic heterocycles. The van der Waals surface area contributed by atoms with Crippen LogP contribution in [0.15, 0.2) is 29.0 Å². The van der Waals surface area contributed by atoms with Gasteiger partial charge in [-0.3, -0.25) is 0 Å². The fourth-order valence-corrected chi connectivity index (χ4v) is 2.57. The summed E-state index contributed by atoms with van der Waals surface area (Å²) in [5.41, 5.74) is -1.23. The van der Waals surface area contributed by atoms with Gasteiger partial charge in [0.1, 0.15) is 11.4 Å². The molecule has 6 nitrogen and oxygen atoms in total. The highest BCUT2D eigenvalue weighted by atomic mass is 32.1. The third-order valence-corrected chi connectivity index (χ3v) is 3.91. The van der Waals surface area contributed by atoms with Gasteiger partial charge >= 0.3 is 6.03 Å².